The van der Waals surface area contributed by atoms with Gasteiger partial charge < -0.3 is 65.1 Å². The van der Waals surface area contributed by atoms with Gasteiger partial charge in [-0.25, -0.2) is 0 Å². The Kier molecular flexibility index (Phi) is 32.7. The van der Waals surface area contributed by atoms with Crippen LogP contribution in [0.15, 0.2) is 48.6 Å². The van der Waals surface area contributed by atoms with Gasteiger partial charge in [-0.2, -0.15) is 0 Å². The van der Waals surface area contributed by atoms with Crippen molar-refractivity contribution in [1.29, 1.82) is 0 Å². The van der Waals surface area contributed by atoms with Crippen molar-refractivity contribution in [2.75, 3.05) is 19.8 Å². The summed E-state index contributed by atoms with van der Waals surface area (Å²) < 4.78 is 22.6. The van der Waals surface area contributed by atoms with Crippen molar-refractivity contribution < 1.29 is 64.6 Å². The summed E-state index contributed by atoms with van der Waals surface area (Å²) in [5.74, 6) is -0.267. The number of nitrogens with one attached hydrogen (secondary N) is 1. The van der Waals surface area contributed by atoms with E-state index < -0.39 is 86.8 Å². The first kappa shape index (κ1) is 57.1. The molecule has 0 aromatic heterocycles. The van der Waals surface area contributed by atoms with Gasteiger partial charge in [0.2, 0.25) is 5.91 Å². The van der Waals surface area contributed by atoms with Gasteiger partial charge in [0, 0.05) is 6.42 Å². The van der Waals surface area contributed by atoms with Gasteiger partial charge in [0.1, 0.15) is 48.8 Å². The van der Waals surface area contributed by atoms with E-state index in [0.717, 1.165) is 57.8 Å². The molecule has 0 aromatic carbocycles. The molecule has 2 aliphatic heterocycles. The van der Waals surface area contributed by atoms with E-state index >= 15 is 0 Å². The molecule has 2 saturated heterocycles. The largest absolute Gasteiger partial charge is 0.394 e. The van der Waals surface area contributed by atoms with E-state index in [4.69, 9.17) is 18.9 Å². The lowest BCUT2D eigenvalue weighted by Gasteiger charge is -2.46. The molecular formula is C49H87NO13. The zero-order valence-electron chi connectivity index (χ0n) is 38.6. The molecule has 0 aromatic rings. The van der Waals surface area contributed by atoms with Crippen molar-refractivity contribution in [3.05, 3.63) is 48.6 Å². The number of carbonyl (C=O) groups is 1. The molecule has 2 aliphatic rings. The number of aliphatic hydroxyl groups excluding tert-OH is 8. The van der Waals surface area contributed by atoms with Gasteiger partial charge in [-0.15, -0.1) is 0 Å². The van der Waals surface area contributed by atoms with E-state index in [9.17, 15) is 45.6 Å². The first-order chi connectivity index (χ1) is 30.6. The fourth-order valence-corrected chi connectivity index (χ4v) is 7.69. The molecule has 366 valence electrons. The molecule has 9 N–H and O–H groups in total. The van der Waals surface area contributed by atoms with Crippen LogP contribution in [0.4, 0.5) is 0 Å². The SMILES string of the molecule is CCCCCC/C=C\C/C=C\CCCCCCCC(=O)NC(COC1OC(CO)C(OC2OC(CO)C(O)C(O)C2O)C(O)C1O)C(O)/C=C/CC/C=C/CCCCCCCCC. The van der Waals surface area contributed by atoms with E-state index in [1.807, 2.05) is 6.08 Å². The number of carbonyl (C=O) groups excluding carboxylic acids is 1. The number of aliphatic hydroxyl groups is 8. The summed E-state index contributed by atoms with van der Waals surface area (Å²) >= 11 is 0. The van der Waals surface area contributed by atoms with Gasteiger partial charge in [-0.3, -0.25) is 4.79 Å². The second kappa shape index (κ2) is 36.1. The van der Waals surface area contributed by atoms with Gasteiger partial charge in [0.25, 0.3) is 0 Å². The molecule has 14 nitrogen and oxygen atoms in total. The fourth-order valence-electron chi connectivity index (χ4n) is 7.69. The Bertz CT molecular complexity index is 1250. The van der Waals surface area contributed by atoms with Crippen molar-refractivity contribution in [2.45, 2.75) is 235 Å². The Balaban J connectivity index is 1.90. The predicted molar refractivity (Wildman–Crippen MR) is 244 cm³/mol. The molecule has 2 rings (SSSR count). The number of rotatable bonds is 36. The Morgan fingerprint density at radius 3 is 1.67 bits per heavy atom. The average Bonchev–Trinajstić information content (AvgIpc) is 3.28. The van der Waals surface area contributed by atoms with E-state index in [2.05, 4.69) is 55.6 Å². The lowest BCUT2D eigenvalue weighted by Crippen LogP contribution is -2.65. The van der Waals surface area contributed by atoms with Gasteiger partial charge in [0.05, 0.1) is 32.0 Å². The van der Waals surface area contributed by atoms with Gasteiger partial charge >= 0.3 is 0 Å². The standard InChI is InChI=1S/C49H87NO13/c1-3-5-7-9-11-13-15-17-18-19-21-23-25-27-29-31-33-41(54)50-37(38(53)32-30-28-26-24-22-20-16-14-12-10-8-6-4-2)36-60-48-46(59)44(57)47(40(35-52)62-48)63-49-45(58)43(56)42(55)39(34-51)61-49/h13,15,18-19,22,24,30,32,37-40,42-49,51-53,55-59H,3-12,14,16-17,20-21,23,25-29,31,33-36H2,1-2H3,(H,50,54)/b15-13-,19-18-,24-22+,32-30+. The smallest absolute Gasteiger partial charge is 0.220 e. The number of hydrogen-bond donors (Lipinski definition) is 9. The molecular weight excluding hydrogens is 811 g/mol. The summed E-state index contributed by atoms with van der Waals surface area (Å²) in [6, 6.07) is -0.937. The van der Waals surface area contributed by atoms with Crippen molar-refractivity contribution in [2.24, 2.45) is 0 Å². The second-order valence-corrected chi connectivity index (χ2v) is 17.2. The highest BCUT2D eigenvalue weighted by Crippen LogP contribution is 2.30. The molecule has 0 radical (unpaired) electrons. The summed E-state index contributed by atoms with van der Waals surface area (Å²) in [4.78, 5) is 13.1. The minimum Gasteiger partial charge on any atom is -0.394 e. The zero-order chi connectivity index (χ0) is 46.1. The van der Waals surface area contributed by atoms with Crippen LogP contribution in [0.5, 0.6) is 0 Å². The number of unbranched alkanes of at least 4 members (excludes halogenated alkanes) is 17. The molecule has 1 amide bonds. The minimum atomic E-state index is -1.79. The van der Waals surface area contributed by atoms with E-state index in [0.29, 0.717) is 12.8 Å². The summed E-state index contributed by atoms with van der Waals surface area (Å²) in [5.41, 5.74) is 0. The third kappa shape index (κ3) is 23.8. The summed E-state index contributed by atoms with van der Waals surface area (Å²) in [6.07, 6.45) is 24.4. The van der Waals surface area contributed by atoms with Gasteiger partial charge in [-0.05, 0) is 64.2 Å². The Morgan fingerprint density at radius 1 is 0.571 bits per heavy atom. The predicted octanol–water partition coefficient (Wildman–Crippen LogP) is 5.71. The lowest BCUT2D eigenvalue weighted by atomic mass is 9.97. The number of amides is 1. The highest BCUT2D eigenvalue weighted by atomic mass is 16.7. The van der Waals surface area contributed by atoms with Crippen LogP contribution in [0.3, 0.4) is 0 Å². The molecule has 0 spiro atoms. The molecule has 2 fully saturated rings. The third-order valence-electron chi connectivity index (χ3n) is 11.7. The second-order valence-electron chi connectivity index (χ2n) is 17.2. The minimum absolute atomic E-state index is 0.256. The highest BCUT2D eigenvalue weighted by molar-refractivity contribution is 5.76. The van der Waals surface area contributed by atoms with Crippen molar-refractivity contribution in [3.63, 3.8) is 0 Å². The van der Waals surface area contributed by atoms with Crippen LogP contribution in [0.1, 0.15) is 162 Å². The summed E-state index contributed by atoms with van der Waals surface area (Å²) in [6.45, 7) is 2.70. The van der Waals surface area contributed by atoms with Crippen LogP contribution in [0.2, 0.25) is 0 Å². The molecule has 0 bridgehead atoms. The summed E-state index contributed by atoms with van der Waals surface area (Å²) in [5, 5.41) is 86.5. The average molecular weight is 898 g/mol. The van der Waals surface area contributed by atoms with E-state index in [1.54, 1.807) is 6.08 Å². The van der Waals surface area contributed by atoms with Crippen molar-refractivity contribution in [1.82, 2.24) is 5.32 Å². The van der Waals surface area contributed by atoms with Crippen LogP contribution in [0.25, 0.3) is 0 Å². The Morgan fingerprint density at radius 2 is 1.06 bits per heavy atom. The zero-order valence-corrected chi connectivity index (χ0v) is 38.6. The maximum atomic E-state index is 13.1. The van der Waals surface area contributed by atoms with Crippen LogP contribution in [-0.4, -0.2) is 140 Å². The van der Waals surface area contributed by atoms with E-state index in [1.165, 1.54) is 70.6 Å². The molecule has 12 unspecified atom stereocenters. The normalized spacial score (nSPS) is 27.9. The van der Waals surface area contributed by atoms with Crippen LogP contribution >= 0.6 is 0 Å². The Labute approximate surface area is 378 Å². The molecule has 0 saturated carbocycles. The fraction of sp³-hybridized carbons (Fsp3) is 0.816. The van der Waals surface area contributed by atoms with Crippen LogP contribution in [-0.2, 0) is 23.7 Å². The van der Waals surface area contributed by atoms with Gasteiger partial charge in [0.15, 0.2) is 12.6 Å². The topological polar surface area (TPSA) is 228 Å². The Hall–Kier alpha value is -2.05. The summed E-state index contributed by atoms with van der Waals surface area (Å²) in [7, 11) is 0. The molecule has 14 heteroatoms. The van der Waals surface area contributed by atoms with Crippen molar-refractivity contribution in [3.8, 4) is 0 Å². The molecule has 2 heterocycles. The van der Waals surface area contributed by atoms with Gasteiger partial charge in [-0.1, -0.05) is 140 Å². The highest BCUT2D eigenvalue weighted by Gasteiger charge is 2.51. The third-order valence-corrected chi connectivity index (χ3v) is 11.7. The lowest BCUT2D eigenvalue weighted by molar-refractivity contribution is -0.359. The number of hydrogen-bond acceptors (Lipinski definition) is 13. The first-order valence-electron chi connectivity index (χ1n) is 24.4. The van der Waals surface area contributed by atoms with Crippen LogP contribution < -0.4 is 5.32 Å². The maximum Gasteiger partial charge on any atom is 0.220 e. The monoisotopic (exact) mass is 898 g/mol. The first-order valence-corrected chi connectivity index (χ1v) is 24.4. The molecule has 0 aliphatic carbocycles. The van der Waals surface area contributed by atoms with Crippen LogP contribution in [0, 0.1) is 0 Å². The quantitative estimate of drug-likeness (QED) is 0.0272. The van der Waals surface area contributed by atoms with E-state index in [-0.39, 0.29) is 18.9 Å². The maximum absolute atomic E-state index is 13.1. The number of ether oxygens (including phenoxy) is 4. The molecule has 12 atom stereocenters. The number of allylic oxidation sites excluding steroid dienone is 7. The molecule has 63 heavy (non-hydrogen) atoms. The van der Waals surface area contributed by atoms with Crippen molar-refractivity contribution >= 4 is 5.91 Å².